The van der Waals surface area contributed by atoms with Crippen LogP contribution in [0.25, 0.3) is 0 Å². The number of aromatic amines is 1. The molecule has 3 aliphatic rings. The van der Waals surface area contributed by atoms with E-state index in [4.69, 9.17) is 4.98 Å². The van der Waals surface area contributed by atoms with Crippen molar-refractivity contribution >= 4 is 15.9 Å². The molecular weight excluding hydrogens is 404 g/mol. The van der Waals surface area contributed by atoms with Gasteiger partial charge in [-0.3, -0.25) is 9.59 Å². The molecule has 1 saturated heterocycles. The molecule has 4 rings (SSSR count). The van der Waals surface area contributed by atoms with Crippen LogP contribution < -0.4 is 5.56 Å². The van der Waals surface area contributed by atoms with Crippen molar-refractivity contribution in [2.24, 2.45) is 5.92 Å². The molecule has 9 heteroatoms. The third kappa shape index (κ3) is 4.19. The third-order valence-electron chi connectivity index (χ3n) is 6.84. The zero-order chi connectivity index (χ0) is 21.3. The van der Waals surface area contributed by atoms with Gasteiger partial charge < -0.3 is 9.88 Å². The van der Waals surface area contributed by atoms with Gasteiger partial charge in [0.1, 0.15) is 5.82 Å². The Labute approximate surface area is 178 Å². The molecule has 2 aliphatic heterocycles. The first-order chi connectivity index (χ1) is 14.4. The summed E-state index contributed by atoms with van der Waals surface area (Å²) in [6.45, 7) is 2.97. The topological polar surface area (TPSA) is 103 Å². The van der Waals surface area contributed by atoms with Crippen molar-refractivity contribution in [1.82, 2.24) is 19.2 Å². The van der Waals surface area contributed by atoms with Crippen LogP contribution in [0.5, 0.6) is 0 Å². The lowest BCUT2D eigenvalue weighted by molar-refractivity contribution is -0.137. The summed E-state index contributed by atoms with van der Waals surface area (Å²) in [6.07, 6.45) is 8.22. The minimum atomic E-state index is -3.37. The summed E-state index contributed by atoms with van der Waals surface area (Å²) in [7, 11) is -3.37. The summed E-state index contributed by atoms with van der Waals surface area (Å²) in [4.78, 5) is 35.2. The van der Waals surface area contributed by atoms with Crippen LogP contribution >= 0.6 is 0 Å². The number of carbonyl (C=O) groups excluding carboxylic acids is 1. The maximum absolute atomic E-state index is 12.9. The van der Waals surface area contributed by atoms with E-state index in [0.717, 1.165) is 38.5 Å². The van der Waals surface area contributed by atoms with Gasteiger partial charge in [-0.15, -0.1) is 0 Å². The van der Waals surface area contributed by atoms with Gasteiger partial charge in [0.15, 0.2) is 0 Å². The Morgan fingerprint density at radius 3 is 2.57 bits per heavy atom. The lowest BCUT2D eigenvalue weighted by Gasteiger charge is -2.35. The highest BCUT2D eigenvalue weighted by molar-refractivity contribution is 7.89. The molecule has 2 fully saturated rings. The number of aromatic nitrogens is 2. The van der Waals surface area contributed by atoms with E-state index in [9.17, 15) is 18.0 Å². The Kier molecular flexibility index (Phi) is 6.29. The molecule has 1 aromatic rings. The smallest absolute Gasteiger partial charge is 0.256 e. The van der Waals surface area contributed by atoms with Crippen LogP contribution in [0.1, 0.15) is 81.4 Å². The van der Waals surface area contributed by atoms with Gasteiger partial charge in [-0.2, -0.15) is 4.31 Å². The SMILES string of the molecule is CCS(=O)(=O)N1CCCCC1c1nc2c(c(=O)[nH]1)CN(C(=O)C1CCCCC1)CC2. The van der Waals surface area contributed by atoms with E-state index in [1.165, 1.54) is 10.7 Å². The van der Waals surface area contributed by atoms with E-state index in [2.05, 4.69) is 4.98 Å². The molecule has 1 atom stereocenters. The average molecular weight is 437 g/mol. The molecule has 0 radical (unpaired) electrons. The summed E-state index contributed by atoms with van der Waals surface area (Å²) in [5.41, 5.74) is 1.02. The van der Waals surface area contributed by atoms with Crippen LogP contribution in [0.4, 0.5) is 0 Å². The van der Waals surface area contributed by atoms with Crippen molar-refractivity contribution in [1.29, 1.82) is 0 Å². The predicted octanol–water partition coefficient (Wildman–Crippen LogP) is 2.11. The van der Waals surface area contributed by atoms with Crippen molar-refractivity contribution in [2.45, 2.75) is 77.3 Å². The monoisotopic (exact) mass is 436 g/mol. The van der Waals surface area contributed by atoms with Gasteiger partial charge in [0.25, 0.3) is 5.56 Å². The second-order valence-electron chi connectivity index (χ2n) is 8.74. The standard InChI is InChI=1S/C21H32N4O4S/c1-2-30(28,29)25-12-7-6-10-18(25)19-22-17-11-13-24(14-16(17)20(26)23-19)21(27)15-8-4-3-5-9-15/h15,18H,2-14H2,1H3,(H,22,23,26). The fourth-order valence-electron chi connectivity index (χ4n) is 5.07. The number of fused-ring (bicyclic) bond motifs is 1. The molecule has 0 bridgehead atoms. The fraction of sp³-hybridized carbons (Fsp3) is 0.762. The van der Waals surface area contributed by atoms with Crippen molar-refractivity contribution in [2.75, 3.05) is 18.8 Å². The zero-order valence-corrected chi connectivity index (χ0v) is 18.5. The minimum absolute atomic E-state index is 0.0386. The summed E-state index contributed by atoms with van der Waals surface area (Å²) in [5.74, 6) is 0.734. The quantitative estimate of drug-likeness (QED) is 0.779. The number of nitrogens with one attached hydrogen (secondary N) is 1. The highest BCUT2D eigenvalue weighted by atomic mass is 32.2. The first-order valence-electron chi connectivity index (χ1n) is 11.3. The number of nitrogens with zero attached hydrogens (tertiary/aromatic N) is 3. The Bertz CT molecular complexity index is 952. The van der Waals surface area contributed by atoms with Crippen LogP contribution in [0, 0.1) is 5.92 Å². The summed E-state index contributed by atoms with van der Waals surface area (Å²) >= 11 is 0. The third-order valence-corrected chi connectivity index (χ3v) is 8.73. The number of carbonyl (C=O) groups is 1. The van der Waals surface area contributed by atoms with Crippen molar-refractivity contribution in [3.8, 4) is 0 Å². The molecular formula is C21H32N4O4S. The van der Waals surface area contributed by atoms with Gasteiger partial charge in [-0.1, -0.05) is 25.7 Å². The number of hydrogen-bond acceptors (Lipinski definition) is 5. The van der Waals surface area contributed by atoms with E-state index in [1.54, 1.807) is 6.92 Å². The van der Waals surface area contributed by atoms with E-state index >= 15 is 0 Å². The molecule has 1 aromatic heterocycles. The highest BCUT2D eigenvalue weighted by Crippen LogP contribution is 2.32. The Morgan fingerprint density at radius 1 is 1.10 bits per heavy atom. The number of sulfonamides is 1. The number of amides is 1. The van der Waals surface area contributed by atoms with Crippen LogP contribution in [0.2, 0.25) is 0 Å². The average Bonchev–Trinajstić information content (AvgIpc) is 2.79. The maximum atomic E-state index is 12.9. The fourth-order valence-corrected chi connectivity index (χ4v) is 6.41. The molecule has 1 saturated carbocycles. The molecule has 1 aliphatic carbocycles. The van der Waals surface area contributed by atoms with Gasteiger partial charge in [0.05, 0.1) is 29.6 Å². The molecule has 30 heavy (non-hydrogen) atoms. The van der Waals surface area contributed by atoms with E-state index in [-0.39, 0.29) is 23.1 Å². The lowest BCUT2D eigenvalue weighted by Crippen LogP contribution is -2.44. The molecule has 0 spiro atoms. The van der Waals surface area contributed by atoms with Gasteiger partial charge >= 0.3 is 0 Å². The Hall–Kier alpha value is -1.74. The second-order valence-corrected chi connectivity index (χ2v) is 11.0. The molecule has 1 unspecified atom stereocenters. The molecule has 8 nitrogen and oxygen atoms in total. The first-order valence-corrected chi connectivity index (χ1v) is 12.9. The number of H-pyrrole nitrogens is 1. The Morgan fingerprint density at radius 2 is 1.83 bits per heavy atom. The summed E-state index contributed by atoms with van der Waals surface area (Å²) in [5, 5.41) is 0. The van der Waals surface area contributed by atoms with Gasteiger partial charge in [-0.05, 0) is 32.6 Å². The van der Waals surface area contributed by atoms with Gasteiger partial charge in [0.2, 0.25) is 15.9 Å². The van der Waals surface area contributed by atoms with Crippen LogP contribution in [-0.2, 0) is 27.8 Å². The van der Waals surface area contributed by atoms with Gasteiger partial charge in [-0.25, -0.2) is 13.4 Å². The molecule has 166 valence electrons. The van der Waals surface area contributed by atoms with Crippen molar-refractivity contribution in [3.63, 3.8) is 0 Å². The zero-order valence-electron chi connectivity index (χ0n) is 17.7. The number of rotatable bonds is 4. The van der Waals surface area contributed by atoms with Crippen molar-refractivity contribution < 1.29 is 13.2 Å². The minimum Gasteiger partial charge on any atom is -0.337 e. The van der Waals surface area contributed by atoms with E-state index < -0.39 is 16.1 Å². The number of hydrogen-bond donors (Lipinski definition) is 1. The van der Waals surface area contributed by atoms with E-state index in [1.807, 2.05) is 4.90 Å². The largest absolute Gasteiger partial charge is 0.337 e. The number of piperidine rings is 1. The highest BCUT2D eigenvalue weighted by Gasteiger charge is 2.35. The lowest BCUT2D eigenvalue weighted by atomic mass is 9.88. The second kappa shape index (κ2) is 8.78. The maximum Gasteiger partial charge on any atom is 0.256 e. The summed E-state index contributed by atoms with van der Waals surface area (Å²) < 4.78 is 26.6. The first kappa shape index (κ1) is 21.5. The molecule has 0 aromatic carbocycles. The molecule has 3 heterocycles. The normalized spacial score (nSPS) is 23.9. The summed E-state index contributed by atoms with van der Waals surface area (Å²) in [6, 6.07) is -0.413. The van der Waals surface area contributed by atoms with Crippen molar-refractivity contribution in [3.05, 3.63) is 27.4 Å². The Balaban J connectivity index is 1.57. The molecule has 1 N–H and O–H groups in total. The van der Waals surface area contributed by atoms with Crippen LogP contribution in [0.3, 0.4) is 0 Å². The van der Waals surface area contributed by atoms with Gasteiger partial charge in [0, 0.05) is 25.4 Å². The van der Waals surface area contributed by atoms with E-state index in [0.29, 0.717) is 49.6 Å². The van der Waals surface area contributed by atoms with Crippen LogP contribution in [-0.4, -0.2) is 52.3 Å². The van der Waals surface area contributed by atoms with Crippen LogP contribution in [0.15, 0.2) is 4.79 Å². The predicted molar refractivity (Wildman–Crippen MR) is 113 cm³/mol. The molecule has 1 amide bonds.